The lowest BCUT2D eigenvalue weighted by molar-refractivity contribution is 0.0112. The Hall–Kier alpha value is -0.870. The Labute approximate surface area is 111 Å². The molecular formula is C14H27N3O. The Morgan fingerprint density at radius 2 is 2.17 bits per heavy atom. The van der Waals surface area contributed by atoms with Gasteiger partial charge in [0.2, 0.25) is 0 Å². The van der Waals surface area contributed by atoms with Crippen molar-refractivity contribution < 1.29 is 4.74 Å². The number of hydrogen-bond donors (Lipinski definition) is 1. The van der Waals surface area contributed by atoms with Crippen molar-refractivity contribution in [2.24, 2.45) is 0 Å². The highest BCUT2D eigenvalue weighted by Crippen LogP contribution is 2.15. The molecule has 0 aromatic carbocycles. The average Bonchev–Trinajstić information content (AvgIpc) is 2.69. The van der Waals surface area contributed by atoms with Crippen LogP contribution in [0, 0.1) is 6.92 Å². The SMILES string of the molecule is CCCNCc1cnn(CCC(C)(C)OC)c1C. The molecule has 0 saturated carbocycles. The summed E-state index contributed by atoms with van der Waals surface area (Å²) in [5.41, 5.74) is 2.46. The summed E-state index contributed by atoms with van der Waals surface area (Å²) in [6, 6.07) is 0. The van der Waals surface area contributed by atoms with E-state index in [0.717, 1.165) is 32.5 Å². The monoisotopic (exact) mass is 253 g/mol. The van der Waals surface area contributed by atoms with E-state index in [9.17, 15) is 0 Å². The number of hydrogen-bond acceptors (Lipinski definition) is 3. The van der Waals surface area contributed by atoms with Crippen LogP contribution in [0.1, 0.15) is 44.9 Å². The molecule has 0 unspecified atom stereocenters. The van der Waals surface area contributed by atoms with Gasteiger partial charge in [0.25, 0.3) is 0 Å². The normalized spacial score (nSPS) is 12.1. The third kappa shape index (κ3) is 4.42. The summed E-state index contributed by atoms with van der Waals surface area (Å²) in [6.45, 7) is 11.4. The van der Waals surface area contributed by atoms with Crippen molar-refractivity contribution in [1.29, 1.82) is 0 Å². The number of nitrogens with one attached hydrogen (secondary N) is 1. The number of ether oxygens (including phenoxy) is 1. The molecule has 1 heterocycles. The van der Waals surface area contributed by atoms with Gasteiger partial charge in [-0.25, -0.2) is 0 Å². The molecule has 0 aliphatic rings. The minimum Gasteiger partial charge on any atom is -0.379 e. The van der Waals surface area contributed by atoms with Gasteiger partial charge in [-0.2, -0.15) is 5.10 Å². The van der Waals surface area contributed by atoms with E-state index in [-0.39, 0.29) is 5.60 Å². The van der Waals surface area contributed by atoms with Crippen LogP contribution >= 0.6 is 0 Å². The van der Waals surface area contributed by atoms with E-state index in [4.69, 9.17) is 4.74 Å². The van der Waals surface area contributed by atoms with Crippen molar-refractivity contribution in [3.8, 4) is 0 Å². The lowest BCUT2D eigenvalue weighted by atomic mass is 10.1. The van der Waals surface area contributed by atoms with Crippen molar-refractivity contribution in [2.45, 2.75) is 59.2 Å². The predicted molar refractivity (Wildman–Crippen MR) is 74.7 cm³/mol. The zero-order chi connectivity index (χ0) is 13.6. The summed E-state index contributed by atoms with van der Waals surface area (Å²) in [4.78, 5) is 0. The highest BCUT2D eigenvalue weighted by Gasteiger charge is 2.17. The van der Waals surface area contributed by atoms with E-state index in [2.05, 4.69) is 42.8 Å². The number of rotatable bonds is 8. The maximum atomic E-state index is 5.43. The second-order valence-corrected chi connectivity index (χ2v) is 5.37. The molecule has 1 aromatic rings. The molecule has 0 atom stereocenters. The Bertz CT molecular complexity index is 358. The molecule has 0 aliphatic heterocycles. The van der Waals surface area contributed by atoms with E-state index in [0.29, 0.717) is 0 Å². The molecule has 0 radical (unpaired) electrons. The number of aromatic nitrogens is 2. The lowest BCUT2D eigenvalue weighted by Crippen LogP contribution is -2.25. The molecule has 0 saturated heterocycles. The minimum atomic E-state index is -0.0843. The van der Waals surface area contributed by atoms with Crippen molar-refractivity contribution in [3.05, 3.63) is 17.5 Å². The molecule has 0 aliphatic carbocycles. The molecule has 0 bridgehead atoms. The first-order chi connectivity index (χ1) is 8.50. The third-order valence-electron chi connectivity index (χ3n) is 3.43. The van der Waals surface area contributed by atoms with Gasteiger partial charge in [-0.15, -0.1) is 0 Å². The standard InChI is InChI=1S/C14H27N3O/c1-6-8-15-10-13-11-16-17(12(13)2)9-7-14(3,4)18-5/h11,15H,6-10H2,1-5H3. The van der Waals surface area contributed by atoms with Gasteiger partial charge in [0.1, 0.15) is 0 Å². The van der Waals surface area contributed by atoms with Gasteiger partial charge in [0.15, 0.2) is 0 Å². The number of nitrogens with zero attached hydrogens (tertiary/aromatic N) is 2. The van der Waals surface area contributed by atoms with Crippen LogP contribution in [0.25, 0.3) is 0 Å². The maximum Gasteiger partial charge on any atom is 0.0640 e. The van der Waals surface area contributed by atoms with E-state index in [1.54, 1.807) is 7.11 Å². The van der Waals surface area contributed by atoms with Crippen LogP contribution in [-0.2, 0) is 17.8 Å². The first kappa shape index (κ1) is 15.2. The van der Waals surface area contributed by atoms with Gasteiger partial charge in [-0.05, 0) is 40.2 Å². The summed E-state index contributed by atoms with van der Waals surface area (Å²) in [5, 5.41) is 7.86. The molecule has 4 heteroatoms. The lowest BCUT2D eigenvalue weighted by Gasteiger charge is -2.22. The molecule has 0 spiro atoms. The zero-order valence-corrected chi connectivity index (χ0v) is 12.4. The maximum absolute atomic E-state index is 5.43. The Morgan fingerprint density at radius 1 is 1.44 bits per heavy atom. The van der Waals surface area contributed by atoms with Crippen LogP contribution in [-0.4, -0.2) is 29.0 Å². The number of aryl methyl sites for hydroxylation is 1. The topological polar surface area (TPSA) is 39.1 Å². The van der Waals surface area contributed by atoms with Crippen LogP contribution < -0.4 is 5.32 Å². The summed E-state index contributed by atoms with van der Waals surface area (Å²) >= 11 is 0. The molecule has 4 nitrogen and oxygen atoms in total. The van der Waals surface area contributed by atoms with Gasteiger partial charge < -0.3 is 10.1 Å². The van der Waals surface area contributed by atoms with E-state index in [1.165, 1.54) is 11.3 Å². The third-order valence-corrected chi connectivity index (χ3v) is 3.43. The fourth-order valence-electron chi connectivity index (χ4n) is 1.76. The Balaban J connectivity index is 2.52. The van der Waals surface area contributed by atoms with Crippen LogP contribution in [0.4, 0.5) is 0 Å². The van der Waals surface area contributed by atoms with Crippen LogP contribution in [0.15, 0.2) is 6.20 Å². The van der Waals surface area contributed by atoms with E-state index < -0.39 is 0 Å². The van der Waals surface area contributed by atoms with Crippen molar-refractivity contribution in [3.63, 3.8) is 0 Å². The van der Waals surface area contributed by atoms with Gasteiger partial charge in [-0.1, -0.05) is 6.92 Å². The first-order valence-corrected chi connectivity index (χ1v) is 6.77. The quantitative estimate of drug-likeness (QED) is 0.724. The molecular weight excluding hydrogens is 226 g/mol. The predicted octanol–water partition coefficient (Wildman–Crippen LogP) is 2.51. The minimum absolute atomic E-state index is 0.0843. The second kappa shape index (κ2) is 6.90. The van der Waals surface area contributed by atoms with Gasteiger partial charge in [0, 0.05) is 31.5 Å². The first-order valence-electron chi connectivity index (χ1n) is 6.77. The van der Waals surface area contributed by atoms with Gasteiger partial charge in [-0.3, -0.25) is 4.68 Å². The zero-order valence-electron chi connectivity index (χ0n) is 12.4. The molecule has 0 fully saturated rings. The fraction of sp³-hybridized carbons (Fsp3) is 0.786. The Morgan fingerprint density at radius 3 is 2.78 bits per heavy atom. The van der Waals surface area contributed by atoms with E-state index in [1.807, 2.05) is 6.20 Å². The summed E-state index contributed by atoms with van der Waals surface area (Å²) in [5.74, 6) is 0. The van der Waals surface area contributed by atoms with Crippen molar-refractivity contribution in [2.75, 3.05) is 13.7 Å². The molecule has 1 rings (SSSR count). The second-order valence-electron chi connectivity index (χ2n) is 5.37. The van der Waals surface area contributed by atoms with Crippen molar-refractivity contribution >= 4 is 0 Å². The molecule has 0 amide bonds. The van der Waals surface area contributed by atoms with Crippen LogP contribution in [0.2, 0.25) is 0 Å². The summed E-state index contributed by atoms with van der Waals surface area (Å²) < 4.78 is 7.51. The molecule has 1 aromatic heterocycles. The summed E-state index contributed by atoms with van der Waals surface area (Å²) in [7, 11) is 1.76. The largest absolute Gasteiger partial charge is 0.379 e. The van der Waals surface area contributed by atoms with E-state index >= 15 is 0 Å². The molecule has 1 N–H and O–H groups in total. The van der Waals surface area contributed by atoms with Gasteiger partial charge >= 0.3 is 0 Å². The highest BCUT2D eigenvalue weighted by atomic mass is 16.5. The van der Waals surface area contributed by atoms with Crippen LogP contribution in [0.5, 0.6) is 0 Å². The number of methoxy groups -OCH3 is 1. The molecule has 104 valence electrons. The van der Waals surface area contributed by atoms with Gasteiger partial charge in [0.05, 0.1) is 11.8 Å². The van der Waals surface area contributed by atoms with Crippen molar-refractivity contribution in [1.82, 2.24) is 15.1 Å². The Kier molecular flexibility index (Phi) is 5.82. The summed E-state index contributed by atoms with van der Waals surface area (Å²) in [6.07, 6.45) is 4.10. The smallest absolute Gasteiger partial charge is 0.0640 e. The average molecular weight is 253 g/mol. The fourth-order valence-corrected chi connectivity index (χ4v) is 1.76. The van der Waals surface area contributed by atoms with Crippen LogP contribution in [0.3, 0.4) is 0 Å². The molecule has 18 heavy (non-hydrogen) atoms. The highest BCUT2D eigenvalue weighted by molar-refractivity contribution is 5.15.